The van der Waals surface area contributed by atoms with E-state index < -0.39 is 16.1 Å². The van der Waals surface area contributed by atoms with Crippen LogP contribution in [-0.2, 0) is 21.2 Å². The van der Waals surface area contributed by atoms with Gasteiger partial charge in [0.1, 0.15) is 11.9 Å². The summed E-state index contributed by atoms with van der Waals surface area (Å²) < 4.78 is 29.5. The second kappa shape index (κ2) is 10.6. The molecule has 4 rings (SSSR count). The predicted octanol–water partition coefficient (Wildman–Crippen LogP) is 3.32. The normalized spacial score (nSPS) is 16.4. The molecule has 3 N–H and O–H groups in total. The molecule has 1 unspecified atom stereocenters. The first kappa shape index (κ1) is 24.9. The number of piperidine rings is 1. The number of amides is 1. The number of nitrogens with two attached hydrogens (primary N) is 1. The first-order chi connectivity index (χ1) is 16.8. The molecule has 0 aromatic heterocycles. The van der Waals surface area contributed by atoms with E-state index in [4.69, 9.17) is 5.73 Å². The summed E-state index contributed by atoms with van der Waals surface area (Å²) in [5.74, 6) is 0.736. The molecule has 8 heteroatoms. The fourth-order valence-corrected chi connectivity index (χ4v) is 5.67. The third-order valence-electron chi connectivity index (χ3n) is 6.63. The van der Waals surface area contributed by atoms with E-state index in [0.717, 1.165) is 34.7 Å². The van der Waals surface area contributed by atoms with E-state index >= 15 is 0 Å². The maximum absolute atomic E-state index is 13.6. The molecule has 0 bridgehead atoms. The van der Waals surface area contributed by atoms with Crippen LogP contribution in [0.4, 0.5) is 0 Å². The molecule has 184 valence electrons. The standard InChI is InChI=1S/C27H32N4O3S/c1-19-12-14-31(15-13-19)27(32)25(17-20-6-5-9-23(16-20)26(28)29-2)30-35(33,34)24-11-10-21-7-3-4-8-22(21)18-24/h3-11,16,18-19,25,30H,12-15,17H2,1-2H3,(H2,28,29). The quantitative estimate of drug-likeness (QED) is 0.390. The molecule has 3 aromatic carbocycles. The molecule has 0 radical (unpaired) electrons. The van der Waals surface area contributed by atoms with Gasteiger partial charge in [-0.25, -0.2) is 8.42 Å². The molecule has 1 amide bonds. The Morgan fingerprint density at radius 2 is 1.77 bits per heavy atom. The Hall–Kier alpha value is -3.23. The molecule has 35 heavy (non-hydrogen) atoms. The molecule has 1 heterocycles. The lowest BCUT2D eigenvalue weighted by atomic mass is 9.97. The topological polar surface area (TPSA) is 105 Å². The number of likely N-dealkylation sites (tertiary alicyclic amines) is 1. The number of hydrogen-bond donors (Lipinski definition) is 2. The molecule has 0 aliphatic carbocycles. The number of fused-ring (bicyclic) bond motifs is 1. The van der Waals surface area contributed by atoms with Gasteiger partial charge in [-0.2, -0.15) is 4.72 Å². The number of aliphatic imine (C=N–C) groups is 1. The summed E-state index contributed by atoms with van der Waals surface area (Å²) in [6.07, 6.45) is 2.03. The molecule has 1 aliphatic heterocycles. The molecular weight excluding hydrogens is 460 g/mol. The van der Waals surface area contributed by atoms with Gasteiger partial charge in [0.15, 0.2) is 0 Å². The zero-order valence-electron chi connectivity index (χ0n) is 20.1. The Morgan fingerprint density at radius 1 is 1.06 bits per heavy atom. The van der Waals surface area contributed by atoms with Crippen molar-refractivity contribution in [1.82, 2.24) is 9.62 Å². The fraction of sp³-hybridized carbons (Fsp3) is 0.333. The Bertz CT molecular complexity index is 1350. The molecule has 3 aromatic rings. The summed E-state index contributed by atoms with van der Waals surface area (Å²) in [7, 11) is -2.33. The van der Waals surface area contributed by atoms with Crippen molar-refractivity contribution in [3.05, 3.63) is 77.9 Å². The molecule has 1 fully saturated rings. The lowest BCUT2D eigenvalue weighted by molar-refractivity contribution is -0.134. The number of benzene rings is 3. The van der Waals surface area contributed by atoms with Crippen LogP contribution in [0.15, 0.2) is 76.6 Å². The van der Waals surface area contributed by atoms with Crippen LogP contribution < -0.4 is 10.5 Å². The van der Waals surface area contributed by atoms with Crippen LogP contribution in [-0.4, -0.2) is 51.2 Å². The van der Waals surface area contributed by atoms with Crippen LogP contribution in [0.3, 0.4) is 0 Å². The Labute approximate surface area is 207 Å². The highest BCUT2D eigenvalue weighted by molar-refractivity contribution is 7.89. The van der Waals surface area contributed by atoms with E-state index in [1.807, 2.05) is 48.5 Å². The number of nitrogens with zero attached hydrogens (tertiary/aromatic N) is 2. The first-order valence-corrected chi connectivity index (χ1v) is 13.4. The number of nitrogens with one attached hydrogen (secondary N) is 1. The van der Waals surface area contributed by atoms with Gasteiger partial charge in [0.05, 0.1) is 4.90 Å². The first-order valence-electron chi connectivity index (χ1n) is 11.9. The lowest BCUT2D eigenvalue weighted by Gasteiger charge is -2.33. The minimum atomic E-state index is -3.94. The minimum absolute atomic E-state index is 0.136. The van der Waals surface area contributed by atoms with Crippen molar-refractivity contribution < 1.29 is 13.2 Å². The maximum atomic E-state index is 13.6. The van der Waals surface area contributed by atoms with Crippen molar-refractivity contribution in [2.75, 3.05) is 20.1 Å². The van der Waals surface area contributed by atoms with Crippen molar-refractivity contribution in [1.29, 1.82) is 0 Å². The third-order valence-corrected chi connectivity index (χ3v) is 8.09. The molecule has 1 aliphatic rings. The predicted molar refractivity (Wildman–Crippen MR) is 140 cm³/mol. The van der Waals surface area contributed by atoms with Gasteiger partial charge < -0.3 is 10.6 Å². The van der Waals surface area contributed by atoms with Crippen molar-refractivity contribution in [2.45, 2.75) is 37.1 Å². The number of hydrogen-bond acceptors (Lipinski definition) is 4. The van der Waals surface area contributed by atoms with Crippen LogP contribution >= 0.6 is 0 Å². The van der Waals surface area contributed by atoms with Gasteiger partial charge in [0, 0.05) is 25.7 Å². The van der Waals surface area contributed by atoms with E-state index in [-0.39, 0.29) is 17.2 Å². The van der Waals surface area contributed by atoms with Gasteiger partial charge in [0.2, 0.25) is 15.9 Å². The summed E-state index contributed by atoms with van der Waals surface area (Å²) >= 11 is 0. The van der Waals surface area contributed by atoms with Gasteiger partial charge in [0.25, 0.3) is 0 Å². The van der Waals surface area contributed by atoms with Gasteiger partial charge >= 0.3 is 0 Å². The van der Waals surface area contributed by atoms with Crippen LogP contribution in [0.2, 0.25) is 0 Å². The van der Waals surface area contributed by atoms with Crippen molar-refractivity contribution in [3.63, 3.8) is 0 Å². The largest absolute Gasteiger partial charge is 0.384 e. The van der Waals surface area contributed by atoms with E-state index in [9.17, 15) is 13.2 Å². The SMILES string of the molecule is CN=C(N)c1cccc(CC(NS(=O)(=O)c2ccc3ccccc3c2)C(=O)N2CCC(C)CC2)c1. The van der Waals surface area contributed by atoms with Crippen LogP contribution in [0.25, 0.3) is 10.8 Å². The highest BCUT2D eigenvalue weighted by Crippen LogP contribution is 2.21. The van der Waals surface area contributed by atoms with E-state index in [1.54, 1.807) is 30.1 Å². The second-order valence-corrected chi connectivity index (χ2v) is 10.9. The molecule has 0 spiro atoms. The van der Waals surface area contributed by atoms with Crippen LogP contribution in [0.1, 0.15) is 30.9 Å². The summed E-state index contributed by atoms with van der Waals surface area (Å²) in [5, 5.41) is 1.78. The molecule has 1 atom stereocenters. The summed E-state index contributed by atoms with van der Waals surface area (Å²) in [4.78, 5) is 19.5. The molecule has 1 saturated heterocycles. The van der Waals surface area contributed by atoms with Crippen molar-refractivity contribution >= 4 is 32.5 Å². The van der Waals surface area contributed by atoms with E-state index in [0.29, 0.717) is 24.8 Å². The highest BCUT2D eigenvalue weighted by Gasteiger charge is 2.31. The van der Waals surface area contributed by atoms with Crippen LogP contribution in [0.5, 0.6) is 0 Å². The minimum Gasteiger partial charge on any atom is -0.384 e. The lowest BCUT2D eigenvalue weighted by Crippen LogP contribution is -2.51. The molecule has 7 nitrogen and oxygen atoms in total. The van der Waals surface area contributed by atoms with Gasteiger partial charge in [-0.05, 0) is 59.7 Å². The van der Waals surface area contributed by atoms with Gasteiger partial charge in [-0.15, -0.1) is 0 Å². The Morgan fingerprint density at radius 3 is 2.49 bits per heavy atom. The highest BCUT2D eigenvalue weighted by atomic mass is 32.2. The number of carbonyl (C=O) groups excluding carboxylic acids is 1. The summed E-state index contributed by atoms with van der Waals surface area (Å²) in [5.41, 5.74) is 7.51. The number of rotatable bonds is 7. The third kappa shape index (κ3) is 5.89. The smallest absolute Gasteiger partial charge is 0.241 e. The fourth-order valence-electron chi connectivity index (χ4n) is 4.44. The zero-order valence-corrected chi connectivity index (χ0v) is 21.0. The van der Waals surface area contributed by atoms with E-state index in [1.165, 1.54) is 0 Å². The number of amidine groups is 1. The number of sulfonamides is 1. The molecule has 0 saturated carbocycles. The average Bonchev–Trinajstić information content (AvgIpc) is 2.87. The second-order valence-electron chi connectivity index (χ2n) is 9.20. The number of carbonyl (C=O) groups is 1. The van der Waals surface area contributed by atoms with Gasteiger partial charge in [-0.1, -0.05) is 55.5 Å². The average molecular weight is 493 g/mol. The molecular formula is C27H32N4O3S. The van der Waals surface area contributed by atoms with Gasteiger partial charge in [-0.3, -0.25) is 9.79 Å². The van der Waals surface area contributed by atoms with Crippen LogP contribution in [0, 0.1) is 5.92 Å². The summed E-state index contributed by atoms with van der Waals surface area (Å²) in [6.45, 7) is 3.43. The van der Waals surface area contributed by atoms with Crippen molar-refractivity contribution in [3.8, 4) is 0 Å². The van der Waals surface area contributed by atoms with Crippen molar-refractivity contribution in [2.24, 2.45) is 16.6 Å². The Balaban J connectivity index is 1.64. The summed E-state index contributed by atoms with van der Waals surface area (Å²) in [6, 6.07) is 19.0. The monoisotopic (exact) mass is 492 g/mol. The zero-order chi connectivity index (χ0) is 25.0. The maximum Gasteiger partial charge on any atom is 0.241 e. The Kier molecular flexibility index (Phi) is 7.52. The van der Waals surface area contributed by atoms with E-state index in [2.05, 4.69) is 16.6 Å².